The van der Waals surface area contributed by atoms with Gasteiger partial charge in [0.25, 0.3) is 0 Å². The molecule has 0 radical (unpaired) electrons. The van der Waals surface area contributed by atoms with Gasteiger partial charge in [-0.05, 0) is 30.7 Å². The van der Waals surface area contributed by atoms with Crippen molar-refractivity contribution in [3.05, 3.63) is 58.0 Å². The summed E-state index contributed by atoms with van der Waals surface area (Å²) < 4.78 is 1.46. The zero-order valence-corrected chi connectivity index (χ0v) is 14.0. The summed E-state index contributed by atoms with van der Waals surface area (Å²) in [7, 11) is 0. The van der Waals surface area contributed by atoms with E-state index in [1.165, 1.54) is 4.57 Å². The summed E-state index contributed by atoms with van der Waals surface area (Å²) in [5.41, 5.74) is 7.36. The summed E-state index contributed by atoms with van der Waals surface area (Å²) in [5, 5.41) is 0.986. The van der Waals surface area contributed by atoms with Crippen LogP contribution in [-0.4, -0.2) is 22.0 Å². The fourth-order valence-corrected chi connectivity index (χ4v) is 3.48. The maximum atomic E-state index is 12.5. The summed E-state index contributed by atoms with van der Waals surface area (Å²) in [4.78, 5) is 30.4. The molecule has 1 aromatic heterocycles. The molecule has 7 heteroatoms. The number of rotatable bonds is 2. The van der Waals surface area contributed by atoms with E-state index in [1.54, 1.807) is 29.2 Å². The van der Waals surface area contributed by atoms with E-state index in [9.17, 15) is 9.59 Å². The van der Waals surface area contributed by atoms with E-state index in [0.717, 1.165) is 6.42 Å². The molecular formula is C18H15ClN4O2. The molecule has 4 rings (SSSR count). The van der Waals surface area contributed by atoms with Crippen molar-refractivity contribution in [3.63, 3.8) is 0 Å². The molecule has 0 bridgehead atoms. The maximum Gasteiger partial charge on any atom is 0.354 e. The van der Waals surface area contributed by atoms with Crippen molar-refractivity contribution in [2.24, 2.45) is 0 Å². The molecule has 2 aromatic carbocycles. The molecule has 2 N–H and O–H groups in total. The number of hydrogen-bond donors (Lipinski definition) is 1. The standard InChI is InChI=1S/C18H15ClN4O2/c19-11-9-13(22-8-4-7-15(22)24)16-14(10-11)23(18(25)21-17(16)20)12-5-2-1-3-6-12/h1-3,5-6,9-10H,4,7-8H2,(H2,20,21,25). The second-order valence-electron chi connectivity index (χ2n) is 5.92. The Morgan fingerprint density at radius 1 is 1.12 bits per heavy atom. The van der Waals surface area contributed by atoms with Crippen LogP contribution in [0.3, 0.4) is 0 Å². The van der Waals surface area contributed by atoms with Crippen molar-refractivity contribution in [2.45, 2.75) is 12.8 Å². The molecule has 0 spiro atoms. The van der Waals surface area contributed by atoms with Crippen LogP contribution in [0.25, 0.3) is 16.6 Å². The number of para-hydroxylation sites is 1. The predicted octanol–water partition coefficient (Wildman–Crippen LogP) is 2.75. The van der Waals surface area contributed by atoms with E-state index in [2.05, 4.69) is 4.98 Å². The molecular weight excluding hydrogens is 340 g/mol. The van der Waals surface area contributed by atoms with Crippen molar-refractivity contribution in [1.82, 2.24) is 9.55 Å². The first-order valence-electron chi connectivity index (χ1n) is 7.94. The van der Waals surface area contributed by atoms with Gasteiger partial charge >= 0.3 is 5.69 Å². The lowest BCUT2D eigenvalue weighted by molar-refractivity contribution is -0.117. The van der Waals surface area contributed by atoms with Crippen LogP contribution in [-0.2, 0) is 4.79 Å². The van der Waals surface area contributed by atoms with Crippen LogP contribution < -0.4 is 16.3 Å². The highest BCUT2D eigenvalue weighted by Crippen LogP contribution is 2.35. The summed E-state index contributed by atoms with van der Waals surface area (Å²) in [5.74, 6) is 0.110. The summed E-state index contributed by atoms with van der Waals surface area (Å²) in [6.07, 6.45) is 1.26. The third-order valence-electron chi connectivity index (χ3n) is 4.34. The molecule has 3 aromatic rings. The summed E-state index contributed by atoms with van der Waals surface area (Å²) in [6.45, 7) is 0.595. The van der Waals surface area contributed by atoms with Gasteiger partial charge < -0.3 is 10.6 Å². The van der Waals surface area contributed by atoms with Crippen LogP contribution in [0.4, 0.5) is 11.5 Å². The number of hydrogen-bond acceptors (Lipinski definition) is 4. The van der Waals surface area contributed by atoms with Gasteiger partial charge in [-0.1, -0.05) is 29.8 Å². The number of nitrogens with two attached hydrogens (primary N) is 1. The number of carbonyl (C=O) groups excluding carboxylic acids is 1. The zero-order valence-electron chi connectivity index (χ0n) is 13.3. The Bertz CT molecular complexity index is 1050. The second kappa shape index (κ2) is 5.89. The van der Waals surface area contributed by atoms with Gasteiger partial charge in [0, 0.05) is 18.0 Å². The zero-order chi connectivity index (χ0) is 17.6. The average Bonchev–Trinajstić information content (AvgIpc) is 3.00. The third-order valence-corrected chi connectivity index (χ3v) is 4.56. The van der Waals surface area contributed by atoms with Gasteiger partial charge in [-0.3, -0.25) is 9.36 Å². The number of benzene rings is 2. The van der Waals surface area contributed by atoms with E-state index in [0.29, 0.717) is 40.3 Å². The van der Waals surface area contributed by atoms with E-state index >= 15 is 0 Å². The number of halogens is 1. The molecule has 6 nitrogen and oxygen atoms in total. The van der Waals surface area contributed by atoms with Crippen LogP contribution in [0.15, 0.2) is 47.3 Å². The Balaban J connectivity index is 2.10. The first-order chi connectivity index (χ1) is 12.1. The van der Waals surface area contributed by atoms with Gasteiger partial charge in [0.15, 0.2) is 0 Å². The topological polar surface area (TPSA) is 81.2 Å². The molecule has 0 saturated carbocycles. The van der Waals surface area contributed by atoms with Crippen LogP contribution in [0.5, 0.6) is 0 Å². The molecule has 25 heavy (non-hydrogen) atoms. The largest absolute Gasteiger partial charge is 0.383 e. The van der Waals surface area contributed by atoms with Gasteiger partial charge in [-0.2, -0.15) is 4.98 Å². The summed E-state index contributed by atoms with van der Waals surface area (Å²) in [6, 6.07) is 12.5. The third kappa shape index (κ3) is 2.55. The molecule has 1 saturated heterocycles. The number of amides is 1. The normalized spacial score (nSPS) is 14.4. The first-order valence-corrected chi connectivity index (χ1v) is 8.31. The fraction of sp³-hybridized carbons (Fsp3) is 0.167. The molecule has 1 fully saturated rings. The fourth-order valence-electron chi connectivity index (χ4n) is 3.27. The lowest BCUT2D eigenvalue weighted by atomic mass is 10.1. The average molecular weight is 355 g/mol. The smallest absolute Gasteiger partial charge is 0.354 e. The lowest BCUT2D eigenvalue weighted by Gasteiger charge is -2.21. The number of aromatic nitrogens is 2. The van der Waals surface area contributed by atoms with Gasteiger partial charge in [0.2, 0.25) is 5.91 Å². The molecule has 126 valence electrons. The monoisotopic (exact) mass is 354 g/mol. The van der Waals surface area contributed by atoms with Gasteiger partial charge in [-0.25, -0.2) is 4.79 Å². The van der Waals surface area contributed by atoms with Crippen LogP contribution in [0.2, 0.25) is 5.02 Å². The highest BCUT2D eigenvalue weighted by Gasteiger charge is 2.26. The van der Waals surface area contributed by atoms with Crippen molar-refractivity contribution in [2.75, 3.05) is 17.2 Å². The number of carbonyl (C=O) groups is 1. The highest BCUT2D eigenvalue weighted by molar-refractivity contribution is 6.32. The van der Waals surface area contributed by atoms with Crippen molar-refractivity contribution < 1.29 is 4.79 Å². The Labute approximate surface area is 148 Å². The predicted molar refractivity (Wildman–Crippen MR) is 98.3 cm³/mol. The van der Waals surface area contributed by atoms with Gasteiger partial charge in [0.05, 0.1) is 22.3 Å². The molecule has 1 amide bonds. The first kappa shape index (κ1) is 15.7. The van der Waals surface area contributed by atoms with Crippen LogP contribution >= 0.6 is 11.6 Å². The molecule has 0 atom stereocenters. The maximum absolute atomic E-state index is 12.5. The Morgan fingerprint density at radius 2 is 1.88 bits per heavy atom. The number of fused-ring (bicyclic) bond motifs is 1. The van der Waals surface area contributed by atoms with Crippen molar-refractivity contribution >= 4 is 39.9 Å². The Morgan fingerprint density at radius 3 is 2.56 bits per heavy atom. The van der Waals surface area contributed by atoms with Gasteiger partial charge in [-0.15, -0.1) is 0 Å². The lowest BCUT2D eigenvalue weighted by Crippen LogP contribution is -2.27. The van der Waals surface area contributed by atoms with E-state index < -0.39 is 5.69 Å². The number of nitrogen functional groups attached to an aromatic ring is 1. The molecule has 0 unspecified atom stereocenters. The van der Waals surface area contributed by atoms with Crippen LogP contribution in [0.1, 0.15) is 12.8 Å². The Hall–Kier alpha value is -2.86. The number of anilines is 2. The minimum Gasteiger partial charge on any atom is -0.383 e. The quantitative estimate of drug-likeness (QED) is 0.767. The minimum atomic E-state index is -0.489. The SMILES string of the molecule is Nc1nc(=O)n(-c2ccccc2)c2cc(Cl)cc(N3CCCC3=O)c12. The minimum absolute atomic E-state index is 0.0143. The van der Waals surface area contributed by atoms with Crippen LogP contribution in [0, 0.1) is 0 Å². The molecule has 1 aliphatic rings. The Kier molecular flexibility index (Phi) is 3.69. The molecule has 2 heterocycles. The highest BCUT2D eigenvalue weighted by atomic mass is 35.5. The molecule has 0 aliphatic carbocycles. The van der Waals surface area contributed by atoms with E-state index in [1.807, 2.05) is 18.2 Å². The van der Waals surface area contributed by atoms with E-state index in [4.69, 9.17) is 17.3 Å². The van der Waals surface area contributed by atoms with Crippen molar-refractivity contribution in [3.8, 4) is 5.69 Å². The second-order valence-corrected chi connectivity index (χ2v) is 6.35. The summed E-state index contributed by atoms with van der Waals surface area (Å²) >= 11 is 6.30. The molecule has 1 aliphatic heterocycles. The van der Waals surface area contributed by atoms with Gasteiger partial charge in [0.1, 0.15) is 5.82 Å². The van der Waals surface area contributed by atoms with Crippen molar-refractivity contribution in [1.29, 1.82) is 0 Å². The number of nitrogens with zero attached hydrogens (tertiary/aromatic N) is 3. The van der Waals surface area contributed by atoms with E-state index in [-0.39, 0.29) is 11.7 Å².